The lowest BCUT2D eigenvalue weighted by molar-refractivity contribution is 0.236. The molecule has 1 heteroatoms. The molecule has 0 aliphatic carbocycles. The second-order valence-electron chi connectivity index (χ2n) is 5.58. The number of allylic oxidation sites excluding steroid dienone is 1. The third-order valence-corrected chi connectivity index (χ3v) is 3.67. The first-order valence-corrected chi connectivity index (χ1v) is 8.64. The normalized spacial score (nSPS) is 11.8. The quantitative estimate of drug-likeness (QED) is 0.254. The molecular formula is C18H36O. The van der Waals surface area contributed by atoms with Crippen molar-refractivity contribution in [3.05, 3.63) is 11.8 Å². The van der Waals surface area contributed by atoms with Gasteiger partial charge in [-0.1, -0.05) is 72.1 Å². The Labute approximate surface area is 121 Å². The third kappa shape index (κ3) is 13.8. The molecule has 1 nitrogen and oxygen atoms in total. The molecule has 0 unspecified atom stereocenters. The van der Waals surface area contributed by atoms with Crippen LogP contribution in [0.5, 0.6) is 0 Å². The van der Waals surface area contributed by atoms with Gasteiger partial charge >= 0.3 is 0 Å². The average molecular weight is 268 g/mol. The summed E-state index contributed by atoms with van der Waals surface area (Å²) < 4.78 is 5.67. The summed E-state index contributed by atoms with van der Waals surface area (Å²) in [4.78, 5) is 0. The molecular weight excluding hydrogens is 232 g/mol. The summed E-state index contributed by atoms with van der Waals surface area (Å²) in [5, 5.41) is 0. The van der Waals surface area contributed by atoms with Crippen LogP contribution in [-0.4, -0.2) is 6.61 Å². The number of ether oxygens (including phenoxy) is 1. The fourth-order valence-electron chi connectivity index (χ4n) is 2.22. The molecule has 0 saturated carbocycles. The van der Waals surface area contributed by atoms with Crippen molar-refractivity contribution in [2.45, 2.75) is 97.8 Å². The van der Waals surface area contributed by atoms with Gasteiger partial charge in [0.25, 0.3) is 0 Å². The second-order valence-corrected chi connectivity index (χ2v) is 5.58. The monoisotopic (exact) mass is 268 g/mol. The van der Waals surface area contributed by atoms with E-state index in [9.17, 15) is 0 Å². The highest BCUT2D eigenvalue weighted by Gasteiger charge is 1.95. The number of rotatable bonds is 14. The van der Waals surface area contributed by atoms with Crippen molar-refractivity contribution < 1.29 is 4.74 Å². The largest absolute Gasteiger partial charge is 0.501 e. The van der Waals surface area contributed by atoms with Crippen molar-refractivity contribution >= 4 is 0 Å². The minimum atomic E-state index is 0.907. The van der Waals surface area contributed by atoms with E-state index in [4.69, 9.17) is 4.74 Å². The first-order valence-electron chi connectivity index (χ1n) is 8.64. The van der Waals surface area contributed by atoms with Gasteiger partial charge in [0, 0.05) is 0 Å². The van der Waals surface area contributed by atoms with Crippen LogP contribution in [0.4, 0.5) is 0 Å². The van der Waals surface area contributed by atoms with Crippen LogP contribution in [0.2, 0.25) is 0 Å². The highest BCUT2D eigenvalue weighted by Crippen LogP contribution is 2.12. The molecule has 0 aromatic carbocycles. The molecule has 0 rings (SSSR count). The fraction of sp³-hybridized carbons (Fsp3) is 0.889. The summed E-state index contributed by atoms with van der Waals surface area (Å²) in [5.41, 5.74) is 1.47. The van der Waals surface area contributed by atoms with Crippen molar-refractivity contribution in [3.63, 3.8) is 0 Å². The van der Waals surface area contributed by atoms with Gasteiger partial charge in [0.1, 0.15) is 0 Å². The Kier molecular flexibility index (Phi) is 15.2. The van der Waals surface area contributed by atoms with Crippen LogP contribution in [0.3, 0.4) is 0 Å². The molecule has 0 saturated heterocycles. The third-order valence-electron chi connectivity index (χ3n) is 3.67. The van der Waals surface area contributed by atoms with E-state index in [1.54, 1.807) is 0 Å². The van der Waals surface area contributed by atoms with Gasteiger partial charge in [0.05, 0.1) is 12.9 Å². The Morgan fingerprint density at radius 3 is 1.89 bits per heavy atom. The minimum absolute atomic E-state index is 0.907. The van der Waals surface area contributed by atoms with Gasteiger partial charge in [-0.05, 0) is 31.3 Å². The molecule has 0 spiro atoms. The van der Waals surface area contributed by atoms with Crippen molar-refractivity contribution in [2.24, 2.45) is 0 Å². The zero-order valence-electron chi connectivity index (χ0n) is 13.7. The summed E-state index contributed by atoms with van der Waals surface area (Å²) in [6, 6.07) is 0. The van der Waals surface area contributed by atoms with Crippen LogP contribution >= 0.6 is 0 Å². The molecule has 0 N–H and O–H groups in total. The predicted octanol–water partition coefficient (Wildman–Crippen LogP) is 6.63. The Morgan fingerprint density at radius 2 is 1.32 bits per heavy atom. The second kappa shape index (κ2) is 15.6. The molecule has 0 radical (unpaired) electrons. The van der Waals surface area contributed by atoms with Crippen LogP contribution in [0.1, 0.15) is 97.8 Å². The van der Waals surface area contributed by atoms with E-state index >= 15 is 0 Å². The van der Waals surface area contributed by atoms with Crippen LogP contribution in [0, 0.1) is 0 Å². The van der Waals surface area contributed by atoms with E-state index in [1.165, 1.54) is 76.2 Å². The van der Waals surface area contributed by atoms with Crippen molar-refractivity contribution in [2.75, 3.05) is 6.61 Å². The van der Waals surface area contributed by atoms with Crippen LogP contribution in [0.15, 0.2) is 11.8 Å². The SMILES string of the molecule is CCCCCCCCCCOC=C(CC)CCCC. The molecule has 0 amide bonds. The Balaban J connectivity index is 3.30. The lowest BCUT2D eigenvalue weighted by Crippen LogP contribution is -1.91. The van der Waals surface area contributed by atoms with E-state index in [-0.39, 0.29) is 0 Å². The van der Waals surface area contributed by atoms with Crippen LogP contribution < -0.4 is 0 Å². The van der Waals surface area contributed by atoms with Gasteiger partial charge < -0.3 is 4.74 Å². The number of hydrogen-bond donors (Lipinski definition) is 0. The lowest BCUT2D eigenvalue weighted by atomic mass is 10.1. The molecule has 0 atom stereocenters. The molecule has 0 aliphatic heterocycles. The maximum Gasteiger partial charge on any atom is 0.0873 e. The smallest absolute Gasteiger partial charge is 0.0873 e. The topological polar surface area (TPSA) is 9.23 Å². The van der Waals surface area contributed by atoms with E-state index in [2.05, 4.69) is 20.8 Å². The van der Waals surface area contributed by atoms with Gasteiger partial charge in [0.2, 0.25) is 0 Å². The van der Waals surface area contributed by atoms with Crippen LogP contribution in [0.25, 0.3) is 0 Å². The molecule has 0 bridgehead atoms. The Bertz CT molecular complexity index is 196. The molecule has 0 heterocycles. The number of hydrogen-bond acceptors (Lipinski definition) is 1. The van der Waals surface area contributed by atoms with E-state index in [1.807, 2.05) is 6.26 Å². The maximum absolute atomic E-state index is 5.67. The Morgan fingerprint density at radius 1 is 0.737 bits per heavy atom. The van der Waals surface area contributed by atoms with E-state index < -0.39 is 0 Å². The summed E-state index contributed by atoms with van der Waals surface area (Å²) >= 11 is 0. The molecule has 0 aromatic heterocycles. The van der Waals surface area contributed by atoms with Gasteiger partial charge in [0.15, 0.2) is 0 Å². The van der Waals surface area contributed by atoms with Gasteiger partial charge in [-0.2, -0.15) is 0 Å². The highest BCUT2D eigenvalue weighted by molar-refractivity contribution is 4.96. The lowest BCUT2D eigenvalue weighted by Gasteiger charge is -2.06. The first kappa shape index (κ1) is 18.5. The average Bonchev–Trinajstić information content (AvgIpc) is 2.44. The maximum atomic E-state index is 5.67. The molecule has 0 aromatic rings. The van der Waals surface area contributed by atoms with E-state index in [0.29, 0.717) is 0 Å². The first-order chi connectivity index (χ1) is 9.35. The number of unbranched alkanes of at least 4 members (excludes halogenated alkanes) is 8. The molecule has 0 aliphatic rings. The molecule has 0 fully saturated rings. The standard InChI is InChI=1S/C18H36O/c1-4-7-9-10-11-12-13-14-16-19-17-18(6-3)15-8-5-2/h17H,4-16H2,1-3H3. The zero-order valence-corrected chi connectivity index (χ0v) is 13.7. The predicted molar refractivity (Wildman–Crippen MR) is 86.5 cm³/mol. The van der Waals surface area contributed by atoms with Gasteiger partial charge in [-0.3, -0.25) is 0 Å². The minimum Gasteiger partial charge on any atom is -0.501 e. The van der Waals surface area contributed by atoms with Crippen molar-refractivity contribution in [1.29, 1.82) is 0 Å². The summed E-state index contributed by atoms with van der Waals surface area (Å²) in [6.45, 7) is 7.65. The van der Waals surface area contributed by atoms with Crippen LogP contribution in [-0.2, 0) is 4.74 Å². The van der Waals surface area contributed by atoms with Gasteiger partial charge in [-0.25, -0.2) is 0 Å². The van der Waals surface area contributed by atoms with Crippen molar-refractivity contribution in [1.82, 2.24) is 0 Å². The summed E-state index contributed by atoms with van der Waals surface area (Å²) in [6.07, 6.45) is 17.9. The zero-order chi connectivity index (χ0) is 14.2. The highest BCUT2D eigenvalue weighted by atomic mass is 16.5. The van der Waals surface area contributed by atoms with Crippen molar-refractivity contribution in [3.8, 4) is 0 Å². The molecule has 19 heavy (non-hydrogen) atoms. The fourth-order valence-corrected chi connectivity index (χ4v) is 2.22. The van der Waals surface area contributed by atoms with E-state index in [0.717, 1.165) is 13.0 Å². The molecule has 114 valence electrons. The summed E-state index contributed by atoms with van der Waals surface area (Å²) in [5.74, 6) is 0. The summed E-state index contributed by atoms with van der Waals surface area (Å²) in [7, 11) is 0. The van der Waals surface area contributed by atoms with Gasteiger partial charge in [-0.15, -0.1) is 0 Å². The Hall–Kier alpha value is -0.460.